The highest BCUT2D eigenvalue weighted by Gasteiger charge is 2.07. The Morgan fingerprint density at radius 2 is 2.18 bits per heavy atom. The van der Waals surface area contributed by atoms with Gasteiger partial charge in [0.05, 0.1) is 0 Å². The van der Waals surface area contributed by atoms with Crippen molar-refractivity contribution in [1.82, 2.24) is 15.2 Å². The van der Waals surface area contributed by atoms with Gasteiger partial charge in [0.15, 0.2) is 0 Å². The standard InChI is InChI=1S/C14H23N3/c1-4-8-16-12-13(2)17(3)11-7-14-5-9-15-10-6-14/h4-6,9-10,13,16H,1,7-8,11-12H2,2-3H3. The smallest absolute Gasteiger partial charge is 0.0270 e. The lowest BCUT2D eigenvalue weighted by Gasteiger charge is -2.24. The van der Waals surface area contributed by atoms with E-state index in [4.69, 9.17) is 0 Å². The average Bonchev–Trinajstić information content (AvgIpc) is 2.37. The molecule has 0 radical (unpaired) electrons. The molecule has 0 spiro atoms. The van der Waals surface area contributed by atoms with E-state index in [1.54, 1.807) is 0 Å². The predicted molar refractivity (Wildman–Crippen MR) is 73.1 cm³/mol. The Labute approximate surface area is 105 Å². The largest absolute Gasteiger partial charge is 0.312 e. The summed E-state index contributed by atoms with van der Waals surface area (Å²) in [6.45, 7) is 8.88. The first-order chi connectivity index (χ1) is 8.24. The molecule has 0 aromatic carbocycles. The van der Waals surface area contributed by atoms with Crippen molar-refractivity contribution in [2.45, 2.75) is 19.4 Å². The molecule has 0 amide bonds. The third-order valence-electron chi connectivity index (χ3n) is 2.98. The Hall–Kier alpha value is -1.19. The summed E-state index contributed by atoms with van der Waals surface area (Å²) in [6, 6.07) is 4.69. The average molecular weight is 233 g/mol. The highest BCUT2D eigenvalue weighted by atomic mass is 15.1. The van der Waals surface area contributed by atoms with Crippen molar-refractivity contribution in [3.8, 4) is 0 Å². The zero-order valence-corrected chi connectivity index (χ0v) is 10.9. The molecule has 1 atom stereocenters. The molecule has 1 aromatic heterocycles. The molecule has 1 N–H and O–H groups in total. The number of rotatable bonds is 8. The van der Waals surface area contributed by atoms with Crippen LogP contribution in [-0.2, 0) is 6.42 Å². The van der Waals surface area contributed by atoms with Gasteiger partial charge < -0.3 is 10.2 Å². The molecule has 0 saturated carbocycles. The highest BCUT2D eigenvalue weighted by molar-refractivity contribution is 5.09. The van der Waals surface area contributed by atoms with Gasteiger partial charge in [-0.25, -0.2) is 0 Å². The van der Waals surface area contributed by atoms with E-state index in [1.807, 2.05) is 18.5 Å². The number of nitrogens with zero attached hydrogens (tertiary/aromatic N) is 2. The van der Waals surface area contributed by atoms with E-state index in [0.29, 0.717) is 6.04 Å². The van der Waals surface area contributed by atoms with Crippen LogP contribution in [0.4, 0.5) is 0 Å². The second-order valence-electron chi connectivity index (χ2n) is 4.38. The molecule has 94 valence electrons. The number of nitrogens with one attached hydrogen (secondary N) is 1. The van der Waals surface area contributed by atoms with Crippen molar-refractivity contribution in [2.75, 3.05) is 26.7 Å². The summed E-state index contributed by atoms with van der Waals surface area (Å²) in [5.41, 5.74) is 1.35. The van der Waals surface area contributed by atoms with Crippen LogP contribution in [0.5, 0.6) is 0 Å². The van der Waals surface area contributed by atoms with E-state index < -0.39 is 0 Å². The third-order valence-corrected chi connectivity index (χ3v) is 2.98. The lowest BCUT2D eigenvalue weighted by Crippen LogP contribution is -2.38. The summed E-state index contributed by atoms with van der Waals surface area (Å²) in [6.07, 6.45) is 6.67. The van der Waals surface area contributed by atoms with Gasteiger partial charge in [-0.1, -0.05) is 6.08 Å². The molecule has 1 rings (SSSR count). The molecule has 1 aromatic rings. The second kappa shape index (κ2) is 7.98. The number of pyridine rings is 1. The van der Waals surface area contributed by atoms with Gasteiger partial charge in [0.2, 0.25) is 0 Å². The van der Waals surface area contributed by atoms with Crippen LogP contribution in [0, 0.1) is 0 Å². The molecule has 0 aliphatic carbocycles. The summed E-state index contributed by atoms with van der Waals surface area (Å²) in [4.78, 5) is 6.40. The minimum Gasteiger partial charge on any atom is -0.312 e. The van der Waals surface area contributed by atoms with Crippen LogP contribution in [0.15, 0.2) is 37.2 Å². The summed E-state index contributed by atoms with van der Waals surface area (Å²) >= 11 is 0. The Morgan fingerprint density at radius 1 is 1.47 bits per heavy atom. The van der Waals surface area contributed by atoms with E-state index in [0.717, 1.165) is 26.1 Å². The lowest BCUT2D eigenvalue weighted by molar-refractivity contribution is 0.255. The van der Waals surface area contributed by atoms with E-state index in [-0.39, 0.29) is 0 Å². The lowest BCUT2D eigenvalue weighted by atomic mass is 10.2. The van der Waals surface area contributed by atoms with Crippen molar-refractivity contribution >= 4 is 0 Å². The van der Waals surface area contributed by atoms with Gasteiger partial charge in [-0.3, -0.25) is 4.98 Å². The second-order valence-corrected chi connectivity index (χ2v) is 4.38. The van der Waals surface area contributed by atoms with Crippen LogP contribution < -0.4 is 5.32 Å². The van der Waals surface area contributed by atoms with Crippen LogP contribution in [-0.4, -0.2) is 42.6 Å². The first-order valence-corrected chi connectivity index (χ1v) is 6.14. The molecule has 0 aliphatic rings. The first kappa shape index (κ1) is 13.9. The fourth-order valence-electron chi connectivity index (χ4n) is 1.63. The van der Waals surface area contributed by atoms with Crippen molar-refractivity contribution in [1.29, 1.82) is 0 Å². The third kappa shape index (κ3) is 5.61. The summed E-state index contributed by atoms with van der Waals surface area (Å²) in [5, 5.41) is 3.34. The van der Waals surface area contributed by atoms with Crippen LogP contribution in [0.1, 0.15) is 12.5 Å². The molecule has 0 saturated heterocycles. The monoisotopic (exact) mass is 233 g/mol. The highest BCUT2D eigenvalue weighted by Crippen LogP contribution is 2.01. The van der Waals surface area contributed by atoms with Gasteiger partial charge >= 0.3 is 0 Å². The maximum atomic E-state index is 4.02. The number of likely N-dealkylation sites (N-methyl/N-ethyl adjacent to an activating group) is 1. The fraction of sp³-hybridized carbons (Fsp3) is 0.500. The van der Waals surface area contributed by atoms with Crippen LogP contribution in [0.2, 0.25) is 0 Å². The van der Waals surface area contributed by atoms with Gasteiger partial charge in [-0.05, 0) is 38.1 Å². The van der Waals surface area contributed by atoms with Crippen molar-refractivity contribution in [3.63, 3.8) is 0 Å². The van der Waals surface area contributed by atoms with E-state index in [1.165, 1.54) is 5.56 Å². The maximum Gasteiger partial charge on any atom is 0.0270 e. The Kier molecular flexibility index (Phi) is 6.51. The first-order valence-electron chi connectivity index (χ1n) is 6.14. The number of aromatic nitrogens is 1. The Balaban J connectivity index is 2.24. The van der Waals surface area contributed by atoms with Gasteiger partial charge in [-0.15, -0.1) is 6.58 Å². The molecule has 17 heavy (non-hydrogen) atoms. The molecule has 1 heterocycles. The minimum absolute atomic E-state index is 0.539. The molecule has 0 bridgehead atoms. The normalized spacial score (nSPS) is 12.6. The van der Waals surface area contributed by atoms with Crippen LogP contribution >= 0.6 is 0 Å². The van der Waals surface area contributed by atoms with Crippen molar-refractivity contribution < 1.29 is 0 Å². The van der Waals surface area contributed by atoms with Gasteiger partial charge in [-0.2, -0.15) is 0 Å². The molecule has 1 unspecified atom stereocenters. The van der Waals surface area contributed by atoms with Gasteiger partial charge in [0, 0.05) is 38.1 Å². The predicted octanol–water partition coefficient (Wildman–Crippen LogP) is 1.72. The van der Waals surface area contributed by atoms with E-state index in [2.05, 4.69) is 47.9 Å². The maximum absolute atomic E-state index is 4.02. The zero-order valence-electron chi connectivity index (χ0n) is 10.9. The van der Waals surface area contributed by atoms with Crippen LogP contribution in [0.3, 0.4) is 0 Å². The quantitative estimate of drug-likeness (QED) is 0.547. The van der Waals surface area contributed by atoms with E-state index >= 15 is 0 Å². The molecule has 3 heteroatoms. The molecular weight excluding hydrogens is 210 g/mol. The summed E-state index contributed by atoms with van der Waals surface area (Å²) < 4.78 is 0. The SMILES string of the molecule is C=CCNCC(C)N(C)CCc1ccncc1. The Bertz CT molecular complexity index is 311. The summed E-state index contributed by atoms with van der Waals surface area (Å²) in [7, 11) is 2.17. The van der Waals surface area contributed by atoms with E-state index in [9.17, 15) is 0 Å². The molecular formula is C14H23N3. The van der Waals surface area contributed by atoms with Gasteiger partial charge in [0.1, 0.15) is 0 Å². The topological polar surface area (TPSA) is 28.2 Å². The van der Waals surface area contributed by atoms with Crippen molar-refractivity contribution in [2.24, 2.45) is 0 Å². The number of hydrogen-bond donors (Lipinski definition) is 1. The Morgan fingerprint density at radius 3 is 2.82 bits per heavy atom. The molecule has 3 nitrogen and oxygen atoms in total. The molecule has 0 aliphatic heterocycles. The molecule has 0 fully saturated rings. The summed E-state index contributed by atoms with van der Waals surface area (Å²) in [5.74, 6) is 0. The zero-order chi connectivity index (χ0) is 12.5. The minimum atomic E-state index is 0.539. The van der Waals surface area contributed by atoms with Crippen LogP contribution in [0.25, 0.3) is 0 Å². The number of hydrogen-bond acceptors (Lipinski definition) is 3. The van der Waals surface area contributed by atoms with Gasteiger partial charge in [0.25, 0.3) is 0 Å². The fourth-order valence-corrected chi connectivity index (χ4v) is 1.63. The van der Waals surface area contributed by atoms with Crippen molar-refractivity contribution in [3.05, 3.63) is 42.7 Å².